The highest BCUT2D eigenvalue weighted by atomic mass is 14.7. The molecule has 4 rings (SSSR count). The van der Waals surface area contributed by atoms with E-state index in [9.17, 15) is 0 Å². The third-order valence-corrected chi connectivity index (χ3v) is 5.96. The summed E-state index contributed by atoms with van der Waals surface area (Å²) in [5.41, 5.74) is 2.42. The van der Waals surface area contributed by atoms with Crippen LogP contribution in [0.1, 0.15) is 47.0 Å². The van der Waals surface area contributed by atoms with E-state index in [1.165, 1.54) is 19.3 Å². The number of fused-ring (bicyclic) bond motifs is 1. The van der Waals surface area contributed by atoms with Crippen LogP contribution in [0.2, 0.25) is 0 Å². The fourth-order valence-electron chi connectivity index (χ4n) is 5.25. The van der Waals surface area contributed by atoms with Crippen molar-refractivity contribution in [2.24, 2.45) is 35.0 Å². The average molecular weight is 204 g/mol. The summed E-state index contributed by atoms with van der Waals surface area (Å²) in [5, 5.41) is 0. The molecule has 2 fully saturated rings. The highest BCUT2D eigenvalue weighted by Gasteiger charge is 2.64. The molecule has 2 saturated carbocycles. The van der Waals surface area contributed by atoms with E-state index < -0.39 is 0 Å². The van der Waals surface area contributed by atoms with E-state index >= 15 is 0 Å². The predicted octanol–water partition coefficient (Wildman–Crippen LogP) is 4.27. The van der Waals surface area contributed by atoms with Crippen LogP contribution in [-0.4, -0.2) is 0 Å². The van der Waals surface area contributed by atoms with E-state index in [0.717, 1.165) is 29.6 Å². The highest BCUT2D eigenvalue weighted by Crippen LogP contribution is 2.71. The Morgan fingerprint density at radius 3 is 2.73 bits per heavy atom. The molecular weight excluding hydrogens is 180 g/mol. The van der Waals surface area contributed by atoms with E-state index in [1.807, 2.05) is 0 Å². The van der Waals surface area contributed by atoms with E-state index in [1.54, 1.807) is 5.57 Å². The molecule has 0 aromatic carbocycles. The van der Waals surface area contributed by atoms with Crippen molar-refractivity contribution >= 4 is 0 Å². The maximum Gasteiger partial charge on any atom is -0.0115 e. The number of hydrogen-bond donors (Lipinski definition) is 0. The first kappa shape index (κ1) is 9.93. The second-order valence-electron chi connectivity index (χ2n) is 6.80. The van der Waals surface area contributed by atoms with Crippen molar-refractivity contribution in [3.63, 3.8) is 0 Å². The number of rotatable bonds is 1. The van der Waals surface area contributed by atoms with Gasteiger partial charge in [-0.15, -0.1) is 0 Å². The summed E-state index contributed by atoms with van der Waals surface area (Å²) in [6.07, 6.45) is 6.90. The Bertz CT molecular complexity index is 312. The molecule has 0 nitrogen and oxygen atoms in total. The van der Waals surface area contributed by atoms with Crippen LogP contribution in [0.25, 0.3) is 0 Å². The van der Waals surface area contributed by atoms with E-state index in [2.05, 4.69) is 33.8 Å². The van der Waals surface area contributed by atoms with Crippen LogP contribution in [-0.2, 0) is 0 Å². The van der Waals surface area contributed by atoms with Crippen molar-refractivity contribution in [1.82, 2.24) is 0 Å². The summed E-state index contributed by atoms with van der Waals surface area (Å²) in [6, 6.07) is 0. The molecule has 0 unspecified atom stereocenters. The third kappa shape index (κ3) is 1.04. The van der Waals surface area contributed by atoms with Gasteiger partial charge in [0.2, 0.25) is 0 Å². The maximum atomic E-state index is 2.56. The zero-order chi connectivity index (χ0) is 10.8. The van der Waals surface area contributed by atoms with Gasteiger partial charge in [-0.25, -0.2) is 0 Å². The quantitative estimate of drug-likeness (QED) is 0.559. The van der Waals surface area contributed by atoms with Gasteiger partial charge < -0.3 is 0 Å². The molecule has 0 aliphatic heterocycles. The first-order valence-electron chi connectivity index (χ1n) is 6.72. The molecular formula is C15H24. The van der Waals surface area contributed by atoms with Gasteiger partial charge in [0.25, 0.3) is 0 Å². The minimum atomic E-state index is 0.703. The highest BCUT2D eigenvalue weighted by molar-refractivity contribution is 5.28. The van der Waals surface area contributed by atoms with Gasteiger partial charge in [-0.2, -0.15) is 0 Å². The smallest absolute Gasteiger partial charge is 0.0115 e. The van der Waals surface area contributed by atoms with Gasteiger partial charge in [0.05, 0.1) is 0 Å². The van der Waals surface area contributed by atoms with Gasteiger partial charge in [0.1, 0.15) is 0 Å². The number of hydrogen-bond acceptors (Lipinski definition) is 0. The Morgan fingerprint density at radius 2 is 2.13 bits per heavy atom. The van der Waals surface area contributed by atoms with Crippen molar-refractivity contribution in [3.05, 3.63) is 11.6 Å². The third-order valence-electron chi connectivity index (χ3n) is 5.96. The van der Waals surface area contributed by atoms with Gasteiger partial charge >= 0.3 is 0 Å². The topological polar surface area (TPSA) is 0 Å². The van der Waals surface area contributed by atoms with Crippen LogP contribution in [0.5, 0.6) is 0 Å². The van der Waals surface area contributed by atoms with E-state index in [-0.39, 0.29) is 0 Å². The minimum absolute atomic E-state index is 0.703. The number of allylic oxidation sites excluding steroid dienone is 2. The Balaban J connectivity index is 1.95. The van der Waals surface area contributed by atoms with Crippen LogP contribution >= 0.6 is 0 Å². The molecule has 0 amide bonds. The lowest BCUT2D eigenvalue weighted by Gasteiger charge is -2.70. The summed E-state index contributed by atoms with van der Waals surface area (Å²) in [6.45, 7) is 9.81. The molecule has 15 heavy (non-hydrogen) atoms. The normalized spacial score (nSPS) is 52.5. The average Bonchev–Trinajstić information content (AvgIpc) is 2.17. The van der Waals surface area contributed by atoms with Crippen molar-refractivity contribution in [2.45, 2.75) is 47.0 Å². The zero-order valence-corrected chi connectivity index (χ0v) is 10.6. The maximum absolute atomic E-state index is 2.56. The van der Waals surface area contributed by atoms with Crippen LogP contribution in [0, 0.1) is 35.0 Å². The molecule has 4 aliphatic carbocycles. The van der Waals surface area contributed by atoms with Crippen LogP contribution < -0.4 is 0 Å². The summed E-state index contributed by atoms with van der Waals surface area (Å²) < 4.78 is 0. The molecule has 0 saturated heterocycles. The second kappa shape index (κ2) is 2.90. The monoisotopic (exact) mass is 204 g/mol. The molecule has 0 radical (unpaired) electrons. The predicted molar refractivity (Wildman–Crippen MR) is 64.5 cm³/mol. The molecule has 0 aromatic rings. The van der Waals surface area contributed by atoms with Gasteiger partial charge in [0.15, 0.2) is 0 Å². The zero-order valence-electron chi connectivity index (χ0n) is 10.6. The molecule has 0 heteroatoms. The van der Waals surface area contributed by atoms with Crippen LogP contribution in [0.4, 0.5) is 0 Å². The van der Waals surface area contributed by atoms with Crippen molar-refractivity contribution in [2.75, 3.05) is 0 Å². The fourth-order valence-corrected chi connectivity index (χ4v) is 5.25. The lowest BCUT2D eigenvalue weighted by atomic mass is 9.34. The van der Waals surface area contributed by atoms with Crippen molar-refractivity contribution in [3.8, 4) is 0 Å². The Kier molecular flexibility index (Phi) is 1.92. The molecule has 4 aliphatic rings. The summed E-state index contributed by atoms with van der Waals surface area (Å²) in [5.74, 6) is 4.96. The first-order chi connectivity index (χ1) is 7.05. The van der Waals surface area contributed by atoms with E-state index in [4.69, 9.17) is 0 Å². The largest absolute Gasteiger partial charge is 0.0850 e. The second-order valence-corrected chi connectivity index (χ2v) is 6.80. The Morgan fingerprint density at radius 1 is 1.40 bits per heavy atom. The Labute approximate surface area is 94.1 Å². The lowest BCUT2D eigenvalue weighted by Crippen LogP contribution is -2.63. The fraction of sp³-hybridized carbons (Fsp3) is 0.867. The summed E-state index contributed by atoms with van der Waals surface area (Å²) in [7, 11) is 0. The molecule has 84 valence electrons. The molecule has 0 spiro atoms. The lowest BCUT2D eigenvalue weighted by molar-refractivity contribution is -0.181. The molecule has 4 bridgehead atoms. The summed E-state index contributed by atoms with van der Waals surface area (Å²) >= 11 is 0. The molecule has 0 heterocycles. The van der Waals surface area contributed by atoms with E-state index in [0.29, 0.717) is 5.41 Å². The minimum Gasteiger partial charge on any atom is -0.0850 e. The van der Waals surface area contributed by atoms with Crippen LogP contribution in [0.15, 0.2) is 11.6 Å². The van der Waals surface area contributed by atoms with Crippen molar-refractivity contribution < 1.29 is 0 Å². The molecule has 5 atom stereocenters. The van der Waals surface area contributed by atoms with Gasteiger partial charge in [0, 0.05) is 0 Å². The summed E-state index contributed by atoms with van der Waals surface area (Å²) in [4.78, 5) is 0. The van der Waals surface area contributed by atoms with Crippen LogP contribution in [0.3, 0.4) is 0 Å². The first-order valence-corrected chi connectivity index (χ1v) is 6.72. The standard InChI is InChI=1S/C15H24/c1-9(2)11-7-8-15(4)12-6-5-10(3)14(15)13(11)12/h5,9,11-14H,6-8H2,1-4H3/t11-,12+,13-,14-,15+/m0/s1. The van der Waals surface area contributed by atoms with Crippen molar-refractivity contribution in [1.29, 1.82) is 0 Å². The molecule has 0 aromatic heterocycles. The van der Waals surface area contributed by atoms with Gasteiger partial charge in [-0.3, -0.25) is 0 Å². The molecule has 0 N–H and O–H groups in total. The van der Waals surface area contributed by atoms with Gasteiger partial charge in [-0.1, -0.05) is 32.4 Å². The Hall–Kier alpha value is -0.260. The SMILES string of the molecule is CC1=CC[C@@H]2[C@@H]3[C@H](C(C)C)CC[C@@]2(C)[C@@H]13. The van der Waals surface area contributed by atoms with Gasteiger partial charge in [-0.05, 0) is 61.2 Å².